The number of benzene rings is 1. The third kappa shape index (κ3) is 3.61. The third-order valence-corrected chi connectivity index (χ3v) is 5.19. The number of anilines is 1. The molecule has 0 saturated carbocycles. The molecule has 0 atom stereocenters. The standard InChI is InChI=1S/C18H28BNO3/c1-8-16(2,3)15(21)20-14-11-9-13(10-12-14)19-22-17(4,5)18(6,7)23-19/h9-12H,8H2,1-7H3,(H,20,21). The van der Waals surface area contributed by atoms with Crippen molar-refractivity contribution in [2.45, 2.75) is 66.1 Å². The van der Waals surface area contributed by atoms with E-state index in [2.05, 4.69) is 5.32 Å². The number of amides is 1. The van der Waals surface area contributed by atoms with Crippen molar-refractivity contribution in [3.05, 3.63) is 24.3 Å². The maximum atomic E-state index is 12.2. The van der Waals surface area contributed by atoms with Crippen LogP contribution in [0.2, 0.25) is 0 Å². The second-order valence-corrected chi connectivity index (χ2v) is 7.90. The van der Waals surface area contributed by atoms with Gasteiger partial charge in [-0.3, -0.25) is 4.79 Å². The molecule has 1 N–H and O–H groups in total. The second kappa shape index (κ2) is 5.95. The van der Waals surface area contributed by atoms with E-state index in [4.69, 9.17) is 9.31 Å². The van der Waals surface area contributed by atoms with E-state index in [0.29, 0.717) is 0 Å². The van der Waals surface area contributed by atoms with Gasteiger partial charge in [-0.1, -0.05) is 32.9 Å². The average Bonchev–Trinajstić information content (AvgIpc) is 2.68. The minimum atomic E-state index is -0.378. The molecule has 1 amide bonds. The van der Waals surface area contributed by atoms with Crippen LogP contribution in [0.5, 0.6) is 0 Å². The highest BCUT2D eigenvalue weighted by atomic mass is 16.7. The lowest BCUT2D eigenvalue weighted by Gasteiger charge is -2.32. The fraction of sp³-hybridized carbons (Fsp3) is 0.611. The van der Waals surface area contributed by atoms with Gasteiger partial charge in [0.2, 0.25) is 5.91 Å². The highest BCUT2D eigenvalue weighted by molar-refractivity contribution is 6.62. The molecule has 0 spiro atoms. The Labute approximate surface area is 140 Å². The van der Waals surface area contributed by atoms with Crippen molar-refractivity contribution in [1.82, 2.24) is 0 Å². The molecule has 1 fully saturated rings. The first-order valence-electron chi connectivity index (χ1n) is 8.25. The molecular weight excluding hydrogens is 289 g/mol. The highest BCUT2D eigenvalue weighted by Crippen LogP contribution is 2.36. The van der Waals surface area contributed by atoms with Gasteiger partial charge in [0.1, 0.15) is 0 Å². The topological polar surface area (TPSA) is 47.6 Å². The SMILES string of the molecule is CCC(C)(C)C(=O)Nc1ccc(B2OC(C)(C)C(C)(C)O2)cc1. The third-order valence-electron chi connectivity index (χ3n) is 5.19. The molecule has 1 aliphatic rings. The number of hydrogen-bond acceptors (Lipinski definition) is 3. The highest BCUT2D eigenvalue weighted by Gasteiger charge is 2.51. The van der Waals surface area contributed by atoms with Gasteiger partial charge in [-0.25, -0.2) is 0 Å². The summed E-state index contributed by atoms with van der Waals surface area (Å²) in [5.74, 6) is 0.0309. The predicted molar refractivity (Wildman–Crippen MR) is 94.9 cm³/mol. The Balaban J connectivity index is 2.08. The summed E-state index contributed by atoms with van der Waals surface area (Å²) in [4.78, 5) is 12.2. The Bertz CT molecular complexity index is 562. The van der Waals surface area contributed by atoms with Gasteiger partial charge in [-0.05, 0) is 51.7 Å². The monoisotopic (exact) mass is 317 g/mol. The van der Waals surface area contributed by atoms with E-state index in [1.54, 1.807) is 0 Å². The fourth-order valence-corrected chi connectivity index (χ4v) is 2.16. The van der Waals surface area contributed by atoms with Crippen molar-refractivity contribution in [1.29, 1.82) is 0 Å². The van der Waals surface area contributed by atoms with Crippen LogP contribution in [0, 0.1) is 5.41 Å². The van der Waals surface area contributed by atoms with E-state index in [0.717, 1.165) is 17.6 Å². The van der Waals surface area contributed by atoms with Crippen molar-refractivity contribution in [2.75, 3.05) is 5.32 Å². The van der Waals surface area contributed by atoms with Gasteiger partial charge in [-0.2, -0.15) is 0 Å². The van der Waals surface area contributed by atoms with Crippen LogP contribution in [0.3, 0.4) is 0 Å². The Morgan fingerprint density at radius 3 is 2.00 bits per heavy atom. The number of nitrogens with one attached hydrogen (secondary N) is 1. The van der Waals surface area contributed by atoms with Crippen LogP contribution in [-0.4, -0.2) is 24.2 Å². The van der Waals surface area contributed by atoms with Gasteiger partial charge in [0.15, 0.2) is 0 Å². The molecule has 126 valence electrons. The minimum absolute atomic E-state index is 0.0309. The van der Waals surface area contributed by atoms with E-state index in [1.165, 1.54) is 0 Å². The first-order valence-corrected chi connectivity index (χ1v) is 8.25. The molecular formula is C18H28BNO3. The lowest BCUT2D eigenvalue weighted by atomic mass is 9.79. The maximum absolute atomic E-state index is 12.2. The zero-order valence-corrected chi connectivity index (χ0v) is 15.3. The van der Waals surface area contributed by atoms with Crippen LogP contribution in [-0.2, 0) is 14.1 Å². The average molecular weight is 317 g/mol. The number of rotatable bonds is 4. The Morgan fingerprint density at radius 1 is 1.09 bits per heavy atom. The summed E-state index contributed by atoms with van der Waals surface area (Å²) < 4.78 is 12.1. The molecule has 0 bridgehead atoms. The molecule has 5 heteroatoms. The summed E-state index contributed by atoms with van der Waals surface area (Å²) in [5.41, 5.74) is 0.670. The van der Waals surface area contributed by atoms with Crippen molar-refractivity contribution in [3.8, 4) is 0 Å². The zero-order valence-electron chi connectivity index (χ0n) is 15.3. The smallest absolute Gasteiger partial charge is 0.399 e. The van der Waals surface area contributed by atoms with Crippen LogP contribution in [0.1, 0.15) is 54.9 Å². The van der Waals surface area contributed by atoms with E-state index >= 15 is 0 Å². The van der Waals surface area contributed by atoms with E-state index < -0.39 is 0 Å². The minimum Gasteiger partial charge on any atom is -0.399 e. The van der Waals surface area contributed by atoms with Gasteiger partial charge >= 0.3 is 7.12 Å². The van der Waals surface area contributed by atoms with Gasteiger partial charge in [-0.15, -0.1) is 0 Å². The predicted octanol–water partition coefficient (Wildman–Crippen LogP) is 3.36. The number of carbonyl (C=O) groups is 1. The summed E-state index contributed by atoms with van der Waals surface area (Å²) in [6.07, 6.45) is 0.796. The lowest BCUT2D eigenvalue weighted by Crippen LogP contribution is -2.41. The number of carbonyl (C=O) groups excluding carboxylic acids is 1. The Kier molecular flexibility index (Phi) is 4.66. The van der Waals surface area contributed by atoms with Crippen molar-refractivity contribution in [2.24, 2.45) is 5.41 Å². The van der Waals surface area contributed by atoms with Crippen LogP contribution < -0.4 is 10.8 Å². The summed E-state index contributed by atoms with van der Waals surface area (Å²) >= 11 is 0. The largest absolute Gasteiger partial charge is 0.494 e. The molecule has 1 saturated heterocycles. The van der Waals surface area contributed by atoms with E-state index in [-0.39, 0.29) is 29.6 Å². The molecule has 23 heavy (non-hydrogen) atoms. The molecule has 0 aromatic heterocycles. The quantitative estimate of drug-likeness (QED) is 0.866. The normalized spacial score (nSPS) is 19.7. The molecule has 1 heterocycles. The van der Waals surface area contributed by atoms with Crippen LogP contribution >= 0.6 is 0 Å². The van der Waals surface area contributed by atoms with Crippen LogP contribution in [0.15, 0.2) is 24.3 Å². The summed E-state index contributed by atoms with van der Waals surface area (Å²) in [6.45, 7) is 14.1. The van der Waals surface area contributed by atoms with Crippen molar-refractivity contribution < 1.29 is 14.1 Å². The van der Waals surface area contributed by atoms with Gasteiger partial charge in [0.05, 0.1) is 11.2 Å². The lowest BCUT2D eigenvalue weighted by molar-refractivity contribution is -0.124. The van der Waals surface area contributed by atoms with Crippen LogP contribution in [0.4, 0.5) is 5.69 Å². The van der Waals surface area contributed by atoms with Crippen molar-refractivity contribution in [3.63, 3.8) is 0 Å². The van der Waals surface area contributed by atoms with E-state index in [1.807, 2.05) is 72.7 Å². The van der Waals surface area contributed by atoms with Gasteiger partial charge < -0.3 is 14.6 Å². The van der Waals surface area contributed by atoms with Gasteiger partial charge in [0.25, 0.3) is 0 Å². The second-order valence-electron chi connectivity index (χ2n) is 7.90. The molecule has 0 aliphatic carbocycles. The van der Waals surface area contributed by atoms with E-state index in [9.17, 15) is 4.79 Å². The summed E-state index contributed by atoms with van der Waals surface area (Å²) in [6, 6.07) is 7.67. The number of hydrogen-bond donors (Lipinski definition) is 1. The first kappa shape index (κ1) is 18.0. The molecule has 1 aromatic carbocycles. The molecule has 1 aromatic rings. The zero-order chi connectivity index (χ0) is 17.5. The van der Waals surface area contributed by atoms with Crippen molar-refractivity contribution >= 4 is 24.2 Å². The maximum Gasteiger partial charge on any atom is 0.494 e. The summed E-state index contributed by atoms with van der Waals surface area (Å²) in [5, 5.41) is 2.96. The van der Waals surface area contributed by atoms with Crippen LogP contribution in [0.25, 0.3) is 0 Å². The summed E-state index contributed by atoms with van der Waals surface area (Å²) in [7, 11) is -0.378. The Morgan fingerprint density at radius 2 is 1.57 bits per heavy atom. The molecule has 2 rings (SSSR count). The molecule has 0 radical (unpaired) electrons. The van der Waals surface area contributed by atoms with Gasteiger partial charge in [0, 0.05) is 11.1 Å². The Hall–Kier alpha value is -1.33. The fourth-order valence-electron chi connectivity index (χ4n) is 2.16. The molecule has 4 nitrogen and oxygen atoms in total. The first-order chi connectivity index (χ1) is 10.5. The molecule has 1 aliphatic heterocycles. The molecule has 0 unspecified atom stereocenters.